The van der Waals surface area contributed by atoms with Crippen LogP contribution in [0.25, 0.3) is 5.57 Å². The molecule has 0 unspecified atom stereocenters. The lowest BCUT2D eigenvalue weighted by Gasteiger charge is -2.02. The molecule has 0 aliphatic rings. The molecule has 0 amide bonds. The number of allylic oxidation sites excluding steroid dienone is 1. The molecule has 90 valence electrons. The lowest BCUT2D eigenvalue weighted by Crippen LogP contribution is -2.19. The molecule has 1 aromatic heterocycles. The van der Waals surface area contributed by atoms with Gasteiger partial charge in [-0.1, -0.05) is 6.08 Å². The number of hydrogen-bond acceptors (Lipinski definition) is 3. The average Bonchev–Trinajstić information content (AvgIpc) is 2.69. The highest BCUT2D eigenvalue weighted by Crippen LogP contribution is 2.25. The maximum Gasteiger partial charge on any atom is 0.143 e. The molecule has 3 nitrogen and oxygen atoms in total. The van der Waals surface area contributed by atoms with Crippen molar-refractivity contribution in [1.82, 2.24) is 5.32 Å². The van der Waals surface area contributed by atoms with E-state index < -0.39 is 0 Å². The van der Waals surface area contributed by atoms with Crippen LogP contribution in [0.15, 0.2) is 27.3 Å². The Balaban J connectivity index is 2.27. The van der Waals surface area contributed by atoms with Crippen molar-refractivity contribution in [2.75, 3.05) is 26.8 Å². The van der Waals surface area contributed by atoms with Gasteiger partial charge in [0, 0.05) is 13.7 Å². The molecule has 16 heavy (non-hydrogen) atoms. The minimum atomic E-state index is 0.756. The van der Waals surface area contributed by atoms with Crippen molar-refractivity contribution in [3.63, 3.8) is 0 Å². The van der Waals surface area contributed by atoms with Gasteiger partial charge in [0.05, 0.1) is 17.3 Å². The van der Waals surface area contributed by atoms with E-state index in [4.69, 9.17) is 9.15 Å². The van der Waals surface area contributed by atoms with Gasteiger partial charge in [-0.3, -0.25) is 0 Å². The topological polar surface area (TPSA) is 34.4 Å². The van der Waals surface area contributed by atoms with Crippen LogP contribution in [0.5, 0.6) is 0 Å². The summed E-state index contributed by atoms with van der Waals surface area (Å²) in [6, 6.07) is 1.91. The quantitative estimate of drug-likeness (QED) is 0.783. The summed E-state index contributed by atoms with van der Waals surface area (Å²) in [7, 11) is 1.71. The van der Waals surface area contributed by atoms with Crippen LogP contribution in [-0.2, 0) is 4.74 Å². The van der Waals surface area contributed by atoms with Gasteiger partial charge in [-0.25, -0.2) is 0 Å². The van der Waals surface area contributed by atoms with E-state index in [9.17, 15) is 0 Å². The van der Waals surface area contributed by atoms with Gasteiger partial charge in [-0.05, 0) is 47.5 Å². The summed E-state index contributed by atoms with van der Waals surface area (Å²) >= 11 is 3.44. The highest BCUT2D eigenvalue weighted by molar-refractivity contribution is 9.10. The first-order valence-corrected chi connectivity index (χ1v) is 6.14. The van der Waals surface area contributed by atoms with E-state index in [0.717, 1.165) is 41.9 Å². The standard InChI is InChI=1S/C12H18BrNO2/c1-10(12-11(13)5-8-16-12)4-3-6-14-7-9-15-2/h4-5,8,14H,3,6-7,9H2,1-2H3. The van der Waals surface area contributed by atoms with Crippen molar-refractivity contribution in [2.45, 2.75) is 13.3 Å². The van der Waals surface area contributed by atoms with Gasteiger partial charge in [0.15, 0.2) is 0 Å². The van der Waals surface area contributed by atoms with Crippen molar-refractivity contribution in [3.05, 3.63) is 28.6 Å². The smallest absolute Gasteiger partial charge is 0.143 e. The fourth-order valence-electron chi connectivity index (χ4n) is 1.36. The van der Waals surface area contributed by atoms with Gasteiger partial charge in [0.1, 0.15) is 5.76 Å². The van der Waals surface area contributed by atoms with Crippen LogP contribution in [0.3, 0.4) is 0 Å². The summed E-state index contributed by atoms with van der Waals surface area (Å²) in [6.07, 6.45) is 4.85. The normalized spacial score (nSPS) is 12.1. The van der Waals surface area contributed by atoms with E-state index in [1.165, 1.54) is 0 Å². The van der Waals surface area contributed by atoms with Crippen LogP contribution in [0.1, 0.15) is 19.1 Å². The molecule has 0 bridgehead atoms. The Bertz CT molecular complexity index is 334. The lowest BCUT2D eigenvalue weighted by molar-refractivity contribution is 0.199. The summed E-state index contributed by atoms with van der Waals surface area (Å²) in [6.45, 7) is 4.66. The Morgan fingerprint density at radius 3 is 3.00 bits per heavy atom. The molecule has 1 rings (SSSR count). The Morgan fingerprint density at radius 2 is 2.38 bits per heavy atom. The zero-order chi connectivity index (χ0) is 11.8. The van der Waals surface area contributed by atoms with Crippen LogP contribution < -0.4 is 5.32 Å². The highest BCUT2D eigenvalue weighted by atomic mass is 79.9. The van der Waals surface area contributed by atoms with Crippen LogP contribution in [0.4, 0.5) is 0 Å². The molecule has 0 radical (unpaired) electrons. The van der Waals surface area contributed by atoms with Gasteiger partial charge in [0.25, 0.3) is 0 Å². The molecule has 0 aromatic carbocycles. The summed E-state index contributed by atoms with van der Waals surface area (Å²) in [5, 5.41) is 3.29. The van der Waals surface area contributed by atoms with E-state index in [-0.39, 0.29) is 0 Å². The van der Waals surface area contributed by atoms with E-state index in [2.05, 4.69) is 34.2 Å². The maximum absolute atomic E-state index is 5.37. The van der Waals surface area contributed by atoms with E-state index >= 15 is 0 Å². The van der Waals surface area contributed by atoms with Crippen LogP contribution in [0, 0.1) is 0 Å². The Hall–Kier alpha value is -0.580. The van der Waals surface area contributed by atoms with E-state index in [1.54, 1.807) is 13.4 Å². The van der Waals surface area contributed by atoms with Gasteiger partial charge in [0.2, 0.25) is 0 Å². The van der Waals surface area contributed by atoms with E-state index in [1.807, 2.05) is 6.07 Å². The van der Waals surface area contributed by atoms with Crippen LogP contribution >= 0.6 is 15.9 Å². The maximum atomic E-state index is 5.37. The molecule has 0 spiro atoms. The summed E-state index contributed by atoms with van der Waals surface area (Å²) in [5.74, 6) is 0.914. The van der Waals surface area contributed by atoms with Crippen molar-refractivity contribution in [3.8, 4) is 0 Å². The van der Waals surface area contributed by atoms with Crippen LogP contribution in [0.2, 0.25) is 0 Å². The SMILES string of the molecule is COCCNCCC=C(C)c1occc1Br. The lowest BCUT2D eigenvalue weighted by atomic mass is 10.2. The molecule has 0 atom stereocenters. The largest absolute Gasteiger partial charge is 0.464 e. The number of methoxy groups -OCH3 is 1. The van der Waals surface area contributed by atoms with Crippen molar-refractivity contribution >= 4 is 21.5 Å². The number of hydrogen-bond donors (Lipinski definition) is 1. The molecular weight excluding hydrogens is 270 g/mol. The zero-order valence-corrected chi connectivity index (χ0v) is 11.3. The molecule has 0 saturated heterocycles. The second-order valence-corrected chi connectivity index (χ2v) is 4.37. The first-order chi connectivity index (χ1) is 7.75. The Morgan fingerprint density at radius 1 is 1.56 bits per heavy atom. The minimum Gasteiger partial charge on any atom is -0.464 e. The third-order valence-electron chi connectivity index (χ3n) is 2.23. The number of ether oxygens (including phenoxy) is 1. The van der Waals surface area contributed by atoms with E-state index in [0.29, 0.717) is 0 Å². The number of furan rings is 1. The van der Waals surface area contributed by atoms with Gasteiger partial charge in [-0.2, -0.15) is 0 Å². The second-order valence-electron chi connectivity index (χ2n) is 3.52. The van der Waals surface area contributed by atoms with Gasteiger partial charge >= 0.3 is 0 Å². The van der Waals surface area contributed by atoms with Crippen molar-refractivity contribution in [1.29, 1.82) is 0 Å². The highest BCUT2D eigenvalue weighted by Gasteiger charge is 2.04. The van der Waals surface area contributed by atoms with Crippen molar-refractivity contribution < 1.29 is 9.15 Å². The first-order valence-electron chi connectivity index (χ1n) is 5.35. The Kier molecular flexibility index (Phi) is 6.45. The fraction of sp³-hybridized carbons (Fsp3) is 0.500. The molecule has 1 N–H and O–H groups in total. The molecule has 0 aliphatic carbocycles. The summed E-state index contributed by atoms with van der Waals surface area (Å²) in [5.41, 5.74) is 1.16. The second kappa shape index (κ2) is 7.65. The molecule has 0 saturated carbocycles. The third-order valence-corrected chi connectivity index (χ3v) is 2.85. The van der Waals surface area contributed by atoms with Gasteiger partial charge in [-0.15, -0.1) is 0 Å². The summed E-state index contributed by atoms with van der Waals surface area (Å²) in [4.78, 5) is 0. The molecule has 4 heteroatoms. The number of nitrogens with one attached hydrogen (secondary N) is 1. The molecule has 1 aromatic rings. The van der Waals surface area contributed by atoms with Gasteiger partial charge < -0.3 is 14.5 Å². The first kappa shape index (κ1) is 13.5. The summed E-state index contributed by atoms with van der Waals surface area (Å²) < 4.78 is 11.3. The monoisotopic (exact) mass is 287 g/mol. The minimum absolute atomic E-state index is 0.756. The average molecular weight is 288 g/mol. The predicted molar refractivity (Wildman–Crippen MR) is 69.4 cm³/mol. The fourth-order valence-corrected chi connectivity index (χ4v) is 1.87. The molecule has 1 heterocycles. The molecule has 0 aliphatic heterocycles. The predicted octanol–water partition coefficient (Wildman–Crippen LogP) is 3.07. The third kappa shape index (κ3) is 4.51. The number of rotatable bonds is 7. The number of halogens is 1. The zero-order valence-electron chi connectivity index (χ0n) is 9.75. The molecule has 0 fully saturated rings. The Labute approximate surface area is 105 Å². The van der Waals surface area contributed by atoms with Crippen LogP contribution in [-0.4, -0.2) is 26.8 Å². The van der Waals surface area contributed by atoms with Crippen molar-refractivity contribution in [2.24, 2.45) is 0 Å². The molecular formula is C12H18BrNO2.